The van der Waals surface area contributed by atoms with E-state index in [1.807, 2.05) is 0 Å². The summed E-state index contributed by atoms with van der Waals surface area (Å²) in [7, 11) is 0. The summed E-state index contributed by atoms with van der Waals surface area (Å²) in [5, 5.41) is 44.5. The van der Waals surface area contributed by atoms with Gasteiger partial charge in [0.05, 0.1) is 12.2 Å². The Bertz CT molecular complexity index is 2250. The molecule has 370 valence electrons. The van der Waals surface area contributed by atoms with Crippen molar-refractivity contribution in [1.29, 1.82) is 0 Å². The smallest absolute Gasteiger partial charge is 0.429 e. The first-order valence-corrected chi connectivity index (χ1v) is 23.0. The van der Waals surface area contributed by atoms with Gasteiger partial charge in [-0.25, -0.2) is 14.0 Å². The number of halogens is 1. The number of aliphatic hydroxyl groups excluding tert-OH is 2. The molecule has 1 heterocycles. The fourth-order valence-electron chi connectivity index (χ4n) is 11.3. The van der Waals surface area contributed by atoms with Crippen molar-refractivity contribution in [2.24, 2.45) is 40.2 Å². The zero-order valence-electron chi connectivity index (χ0n) is 38.9. The first-order valence-electron chi connectivity index (χ1n) is 23.0. The fourth-order valence-corrected chi connectivity index (χ4v) is 11.3. The lowest BCUT2D eigenvalue weighted by atomic mass is 9.44. The molecule has 9 N–H and O–H groups in total. The summed E-state index contributed by atoms with van der Waals surface area (Å²) in [4.78, 5) is 102. The standard InChI is InChI=1S/C48H63FN6O13/c1-26(2)40(54-37(59)17-20-55-38(60)14-15-39(55)61)42(63)53-34(7-6-19-51-43(50)64)41(62)52-30-11-8-28(9-12-30)24-67-44(65)68-25-36(58)48(66)27(3)21-33-32-13-10-29-22-31(56)16-18-45(29,4)47(32,49)35(57)23-46(33,48)5/h8-9,11-12,14-16,18,22,26-27,31-35,40,56-57,66H,6-7,10,13,17,19-21,23-25H2,1-5H3,(H,52,62)(H,53,63)(H,54,59)(H3,50,51,64). The molecule has 3 saturated carbocycles. The molecule has 1 aromatic carbocycles. The lowest BCUT2D eigenvalue weighted by Crippen LogP contribution is -2.69. The molecule has 5 aliphatic rings. The predicted molar refractivity (Wildman–Crippen MR) is 241 cm³/mol. The first-order chi connectivity index (χ1) is 32.0. The van der Waals surface area contributed by atoms with Crippen molar-refractivity contribution in [3.8, 4) is 0 Å². The van der Waals surface area contributed by atoms with Gasteiger partial charge >= 0.3 is 12.2 Å². The topological polar surface area (TPSA) is 293 Å². The van der Waals surface area contributed by atoms with Crippen molar-refractivity contribution in [2.75, 3.05) is 25.0 Å². The number of alkyl halides is 1. The van der Waals surface area contributed by atoms with Crippen LogP contribution in [0.25, 0.3) is 0 Å². The molecular weight excluding hydrogens is 888 g/mol. The molecule has 68 heavy (non-hydrogen) atoms. The number of nitrogens with two attached hydrogens (primary N) is 1. The zero-order chi connectivity index (χ0) is 49.9. The van der Waals surface area contributed by atoms with Gasteiger partial charge in [0.2, 0.25) is 23.5 Å². The van der Waals surface area contributed by atoms with Gasteiger partial charge in [0.15, 0.2) is 12.3 Å². The third kappa shape index (κ3) is 9.94. The quantitative estimate of drug-likeness (QED) is 0.0455. The molecule has 4 aliphatic carbocycles. The highest BCUT2D eigenvalue weighted by atomic mass is 19.1. The van der Waals surface area contributed by atoms with Gasteiger partial charge in [-0.3, -0.25) is 33.7 Å². The minimum atomic E-state index is -2.11. The summed E-state index contributed by atoms with van der Waals surface area (Å²) in [5.74, 6) is -6.07. The Morgan fingerprint density at radius 1 is 0.971 bits per heavy atom. The van der Waals surface area contributed by atoms with Crippen LogP contribution in [0.3, 0.4) is 0 Å². The average Bonchev–Trinajstić information content (AvgIpc) is 3.71. The monoisotopic (exact) mass is 950 g/mol. The van der Waals surface area contributed by atoms with Crippen molar-refractivity contribution in [1.82, 2.24) is 20.9 Å². The van der Waals surface area contributed by atoms with Crippen molar-refractivity contribution in [2.45, 2.75) is 122 Å². The highest BCUT2D eigenvalue weighted by Gasteiger charge is 2.75. The Hall–Kier alpha value is -5.99. The normalized spacial score (nSPS) is 31.1. The molecule has 0 aromatic heterocycles. The second-order valence-electron chi connectivity index (χ2n) is 19.4. The Morgan fingerprint density at radius 2 is 1.65 bits per heavy atom. The van der Waals surface area contributed by atoms with Crippen molar-refractivity contribution in [3.05, 3.63) is 65.8 Å². The van der Waals surface area contributed by atoms with Gasteiger partial charge in [0, 0.05) is 54.1 Å². The SMILES string of the molecule is CC(C)C(NC(=O)CCN1C(=O)C=CC1=O)C(=O)NC(CCCNC(N)=O)C(=O)Nc1ccc(COC(=O)OCC(=O)C2(O)C(C)CC3C4CCC5=CC(O)C=CC5(C)C4(F)C(O)CC32C)cc1. The lowest BCUT2D eigenvalue weighted by Gasteiger charge is -2.62. The Morgan fingerprint density at radius 3 is 2.29 bits per heavy atom. The second-order valence-corrected chi connectivity index (χ2v) is 19.4. The number of fused-ring (bicyclic) bond motifs is 5. The number of urea groups is 1. The summed E-state index contributed by atoms with van der Waals surface area (Å²) >= 11 is 0. The molecule has 1 aliphatic heterocycles. The molecular formula is C48H63FN6O13. The number of ether oxygens (including phenoxy) is 2. The summed E-state index contributed by atoms with van der Waals surface area (Å²) < 4.78 is 28.0. The molecule has 11 unspecified atom stereocenters. The second kappa shape index (κ2) is 20.3. The largest absolute Gasteiger partial charge is 0.509 e. The minimum Gasteiger partial charge on any atom is -0.429 e. The van der Waals surface area contributed by atoms with Gasteiger partial charge in [0.25, 0.3) is 11.8 Å². The van der Waals surface area contributed by atoms with Crippen LogP contribution in [-0.4, -0.2) is 123 Å². The summed E-state index contributed by atoms with van der Waals surface area (Å²) in [5.41, 5.74) is 0.0571. The molecule has 3 fully saturated rings. The third-order valence-corrected chi connectivity index (χ3v) is 15.0. The van der Waals surface area contributed by atoms with Gasteiger partial charge in [-0.2, -0.15) is 0 Å². The van der Waals surface area contributed by atoms with Gasteiger partial charge in [-0.05, 0) is 80.9 Å². The number of imide groups is 1. The van der Waals surface area contributed by atoms with E-state index >= 15 is 4.39 Å². The lowest BCUT2D eigenvalue weighted by molar-refractivity contribution is -0.219. The Kier molecular flexibility index (Phi) is 15.4. The van der Waals surface area contributed by atoms with E-state index in [0.29, 0.717) is 36.1 Å². The number of hydrogen-bond donors (Lipinski definition) is 8. The van der Waals surface area contributed by atoms with Crippen molar-refractivity contribution < 1.29 is 67.5 Å². The number of benzene rings is 1. The van der Waals surface area contributed by atoms with Gasteiger partial charge in [-0.1, -0.05) is 63.6 Å². The number of primary amides is 1. The van der Waals surface area contributed by atoms with E-state index in [-0.39, 0.29) is 45.4 Å². The number of carbonyl (C=O) groups excluding carboxylic acids is 8. The maximum Gasteiger partial charge on any atom is 0.509 e. The number of rotatable bonds is 18. The highest BCUT2D eigenvalue weighted by Crippen LogP contribution is 2.70. The van der Waals surface area contributed by atoms with Gasteiger partial charge in [0.1, 0.15) is 24.3 Å². The molecule has 19 nitrogen and oxygen atoms in total. The van der Waals surface area contributed by atoms with E-state index in [2.05, 4.69) is 21.3 Å². The van der Waals surface area contributed by atoms with Crippen LogP contribution in [0.2, 0.25) is 0 Å². The van der Waals surface area contributed by atoms with E-state index in [9.17, 15) is 53.7 Å². The number of nitrogens with zero attached hydrogens (tertiary/aromatic N) is 1. The molecule has 7 amide bonds. The summed E-state index contributed by atoms with van der Waals surface area (Å²) in [6.45, 7) is 7.26. The number of ketones is 1. The van der Waals surface area contributed by atoms with E-state index in [0.717, 1.165) is 17.1 Å². The Balaban J connectivity index is 1.01. The molecule has 0 bridgehead atoms. The fraction of sp³-hybridized carbons (Fsp3) is 0.583. The minimum absolute atomic E-state index is 0.0542. The molecule has 1 aromatic rings. The van der Waals surface area contributed by atoms with Crippen molar-refractivity contribution in [3.63, 3.8) is 0 Å². The summed E-state index contributed by atoms with van der Waals surface area (Å²) in [6.07, 6.45) is 4.36. The molecule has 0 spiro atoms. The van der Waals surface area contributed by atoms with Crippen LogP contribution in [0.5, 0.6) is 0 Å². The molecule has 6 rings (SSSR count). The van der Waals surface area contributed by atoms with Gasteiger partial charge < -0.3 is 51.8 Å². The molecule has 0 radical (unpaired) electrons. The maximum absolute atomic E-state index is 17.5. The number of anilines is 1. The average molecular weight is 951 g/mol. The van der Waals surface area contributed by atoms with Gasteiger partial charge in [-0.15, -0.1) is 0 Å². The van der Waals surface area contributed by atoms with Crippen LogP contribution < -0.4 is 27.0 Å². The van der Waals surface area contributed by atoms with E-state index < -0.39 is 124 Å². The van der Waals surface area contributed by atoms with Crippen LogP contribution in [0, 0.1) is 34.5 Å². The number of carbonyl (C=O) groups is 8. The number of hydrogen-bond acceptors (Lipinski definition) is 13. The molecule has 20 heteroatoms. The third-order valence-electron chi connectivity index (χ3n) is 15.0. The zero-order valence-corrected chi connectivity index (χ0v) is 38.9. The van der Waals surface area contributed by atoms with Crippen LogP contribution in [0.15, 0.2) is 60.2 Å². The predicted octanol–water partition coefficient (Wildman–Crippen LogP) is 2.38. The van der Waals surface area contributed by atoms with Crippen LogP contribution in [0.4, 0.5) is 19.7 Å². The maximum atomic E-state index is 17.5. The number of aliphatic hydroxyl groups is 3. The van der Waals surface area contributed by atoms with E-state index in [1.165, 1.54) is 18.2 Å². The highest BCUT2D eigenvalue weighted by molar-refractivity contribution is 6.13. The number of amides is 7. The first kappa shape index (κ1) is 51.4. The summed E-state index contributed by atoms with van der Waals surface area (Å²) in [6, 6.07) is 3.10. The Labute approximate surface area is 393 Å². The number of nitrogens with one attached hydrogen (secondary N) is 4. The molecule has 11 atom stereocenters. The van der Waals surface area contributed by atoms with Crippen LogP contribution in [-0.2, 0) is 44.8 Å². The van der Waals surface area contributed by atoms with E-state index in [4.69, 9.17) is 15.2 Å². The molecule has 0 saturated heterocycles. The van der Waals surface area contributed by atoms with Crippen LogP contribution in [0.1, 0.15) is 85.1 Å². The van der Waals surface area contributed by atoms with Crippen molar-refractivity contribution >= 4 is 53.2 Å². The number of allylic oxidation sites excluding steroid dienone is 2. The van der Waals surface area contributed by atoms with Crippen LogP contribution >= 0.6 is 0 Å². The van der Waals surface area contributed by atoms with E-state index in [1.54, 1.807) is 58.9 Å². The number of Topliss-reactive ketones (excluding diaryl/α,β-unsaturated/α-hetero) is 1.